The number of anilines is 2. The SMILES string of the molecule is CS(=O)N1CC2(CN(c3ncc(C(=N)c4cc(OCc5c(Cl)cncc5Cl)c(F)cc4N)cc3C#N)C2)C1. The molecular weight excluding hydrogens is 552 g/mol. The van der Waals surface area contributed by atoms with E-state index in [2.05, 4.69) is 16.0 Å². The van der Waals surface area contributed by atoms with Crippen molar-refractivity contribution in [3.8, 4) is 11.8 Å². The summed E-state index contributed by atoms with van der Waals surface area (Å²) < 4.78 is 33.8. The van der Waals surface area contributed by atoms with Crippen LogP contribution < -0.4 is 15.4 Å². The van der Waals surface area contributed by atoms with Crippen LogP contribution in [0.4, 0.5) is 15.9 Å². The van der Waals surface area contributed by atoms with Gasteiger partial charge < -0.3 is 15.4 Å². The average molecular weight is 574 g/mol. The van der Waals surface area contributed by atoms with Crippen LogP contribution in [0.3, 0.4) is 0 Å². The second kappa shape index (κ2) is 10.1. The number of nitriles is 1. The Balaban J connectivity index is 1.34. The predicted octanol–water partition coefficient (Wildman–Crippen LogP) is 3.79. The van der Waals surface area contributed by atoms with E-state index >= 15 is 0 Å². The van der Waals surface area contributed by atoms with Crippen LogP contribution in [0, 0.1) is 28.0 Å². The average Bonchev–Trinajstić information content (AvgIpc) is 2.82. The zero-order valence-corrected chi connectivity index (χ0v) is 22.5. The summed E-state index contributed by atoms with van der Waals surface area (Å²) in [6.45, 7) is 2.83. The second-order valence-electron chi connectivity index (χ2n) is 9.40. The number of aromatic nitrogens is 2. The Morgan fingerprint density at radius 2 is 1.92 bits per heavy atom. The number of nitrogens with zero attached hydrogens (tertiary/aromatic N) is 5. The molecule has 2 aliphatic rings. The van der Waals surface area contributed by atoms with Crippen molar-refractivity contribution < 1.29 is 13.3 Å². The summed E-state index contributed by atoms with van der Waals surface area (Å²) in [5.74, 6) is -0.311. The van der Waals surface area contributed by atoms with E-state index in [1.54, 1.807) is 12.3 Å². The van der Waals surface area contributed by atoms with Crippen LogP contribution in [-0.2, 0) is 17.6 Å². The van der Waals surface area contributed by atoms with Crippen LogP contribution in [0.1, 0.15) is 22.3 Å². The molecular formula is C25H22Cl2FN7O2S. The first-order chi connectivity index (χ1) is 18.1. The predicted molar refractivity (Wildman–Crippen MR) is 145 cm³/mol. The standard InChI is InChI=1S/C25H22Cl2FN7O2S/c1-38(36)35-12-25(13-35)10-34(11-25)24-14(5-29)2-15(6-33-24)23(31)16-3-22(20(28)4-21(16)30)37-9-17-18(26)7-32-8-19(17)27/h2-4,6-8,31H,9-13,30H2,1H3. The van der Waals surface area contributed by atoms with Crippen LogP contribution in [0.15, 0.2) is 36.8 Å². The highest BCUT2D eigenvalue weighted by molar-refractivity contribution is 7.81. The Morgan fingerprint density at radius 3 is 2.55 bits per heavy atom. The highest BCUT2D eigenvalue weighted by atomic mass is 35.5. The number of halogens is 3. The number of rotatable bonds is 7. The monoisotopic (exact) mass is 573 g/mol. The molecule has 3 aromatic rings. The normalized spacial score (nSPS) is 16.9. The summed E-state index contributed by atoms with van der Waals surface area (Å²) in [7, 11) is -0.979. The van der Waals surface area contributed by atoms with E-state index in [0.29, 0.717) is 22.5 Å². The number of ether oxygens (including phenoxy) is 1. The van der Waals surface area contributed by atoms with Crippen molar-refractivity contribution in [2.75, 3.05) is 43.1 Å². The lowest BCUT2D eigenvalue weighted by Crippen LogP contribution is -2.72. The largest absolute Gasteiger partial charge is 0.486 e. The van der Waals surface area contributed by atoms with Crippen LogP contribution in [0.5, 0.6) is 5.75 Å². The molecule has 1 spiro atoms. The smallest absolute Gasteiger partial charge is 0.167 e. The highest BCUT2D eigenvalue weighted by Gasteiger charge is 2.53. The maximum Gasteiger partial charge on any atom is 0.167 e. The lowest BCUT2D eigenvalue weighted by atomic mass is 9.74. The molecule has 196 valence electrons. The van der Waals surface area contributed by atoms with Gasteiger partial charge in [0.05, 0.1) is 32.3 Å². The van der Waals surface area contributed by atoms with Crippen LogP contribution >= 0.6 is 23.2 Å². The van der Waals surface area contributed by atoms with Gasteiger partial charge in [-0.2, -0.15) is 5.26 Å². The van der Waals surface area contributed by atoms with E-state index < -0.39 is 16.8 Å². The fraction of sp³-hybridized carbons (Fsp3) is 0.280. The summed E-state index contributed by atoms with van der Waals surface area (Å²) >= 11 is 12.2. The molecule has 2 aliphatic heterocycles. The number of hydrogen-bond donors (Lipinski definition) is 2. The number of nitrogens with one attached hydrogen (secondary N) is 1. The molecule has 2 saturated heterocycles. The molecule has 0 amide bonds. The Kier molecular flexibility index (Phi) is 7.00. The van der Waals surface area contributed by atoms with E-state index in [0.717, 1.165) is 32.2 Å². The zero-order valence-electron chi connectivity index (χ0n) is 20.2. The lowest BCUT2D eigenvalue weighted by molar-refractivity contribution is 0.0434. The van der Waals surface area contributed by atoms with Crippen molar-refractivity contribution in [2.45, 2.75) is 6.61 Å². The first-order valence-corrected chi connectivity index (χ1v) is 13.7. The minimum Gasteiger partial charge on any atom is -0.486 e. The van der Waals surface area contributed by atoms with Crippen LogP contribution in [0.2, 0.25) is 10.0 Å². The summed E-state index contributed by atoms with van der Waals surface area (Å²) in [6.07, 6.45) is 5.98. The molecule has 2 aromatic heterocycles. The number of hydrogen-bond acceptors (Lipinski definition) is 8. The molecule has 0 saturated carbocycles. The lowest BCUT2D eigenvalue weighted by Gasteiger charge is -2.59. The van der Waals surface area contributed by atoms with E-state index in [1.165, 1.54) is 24.7 Å². The van der Waals surface area contributed by atoms with Crippen molar-refractivity contribution in [1.29, 1.82) is 10.7 Å². The van der Waals surface area contributed by atoms with Gasteiger partial charge in [0.15, 0.2) is 11.6 Å². The molecule has 0 bridgehead atoms. The maximum absolute atomic E-state index is 14.6. The third kappa shape index (κ3) is 4.80. The minimum absolute atomic E-state index is 0.0370. The van der Waals surface area contributed by atoms with Crippen LogP contribution in [-0.4, -0.2) is 56.6 Å². The number of benzene rings is 1. The van der Waals surface area contributed by atoms with Crippen molar-refractivity contribution in [1.82, 2.24) is 14.3 Å². The Labute approximate surface area is 231 Å². The highest BCUT2D eigenvalue weighted by Crippen LogP contribution is 2.42. The van der Waals surface area contributed by atoms with Gasteiger partial charge in [-0.3, -0.25) is 10.4 Å². The third-order valence-corrected chi connectivity index (χ3v) is 8.35. The quantitative estimate of drug-likeness (QED) is 0.324. The molecule has 0 aliphatic carbocycles. The zero-order chi connectivity index (χ0) is 27.2. The first kappa shape index (κ1) is 26.3. The summed E-state index contributed by atoms with van der Waals surface area (Å²) in [5, 5.41) is 19.0. The molecule has 3 N–H and O–H groups in total. The summed E-state index contributed by atoms with van der Waals surface area (Å²) in [6, 6.07) is 6.14. The van der Waals surface area contributed by atoms with Gasteiger partial charge in [-0.15, -0.1) is 0 Å². The Hall–Kier alpha value is -3.30. The summed E-state index contributed by atoms with van der Waals surface area (Å²) in [4.78, 5) is 10.4. The van der Waals surface area contributed by atoms with E-state index in [9.17, 15) is 13.9 Å². The van der Waals surface area contributed by atoms with E-state index in [1.807, 2.05) is 9.21 Å². The van der Waals surface area contributed by atoms with Gasteiger partial charge in [-0.1, -0.05) is 23.2 Å². The topological polar surface area (TPSA) is 132 Å². The first-order valence-electron chi connectivity index (χ1n) is 11.4. The van der Waals surface area contributed by atoms with Gasteiger partial charge in [0.2, 0.25) is 0 Å². The fourth-order valence-corrected chi connectivity index (χ4v) is 6.09. The Morgan fingerprint density at radius 1 is 1.24 bits per heavy atom. The van der Waals surface area contributed by atoms with Crippen molar-refractivity contribution >= 4 is 51.4 Å². The van der Waals surface area contributed by atoms with Gasteiger partial charge in [-0.25, -0.2) is 17.9 Å². The molecule has 9 nitrogen and oxygen atoms in total. The number of nitrogens with two attached hydrogens (primary N) is 1. The number of nitrogen functional groups attached to an aromatic ring is 1. The molecule has 1 unspecified atom stereocenters. The fourth-order valence-electron chi connectivity index (χ4n) is 4.70. The van der Waals surface area contributed by atoms with Crippen molar-refractivity contribution in [3.63, 3.8) is 0 Å². The van der Waals surface area contributed by atoms with Gasteiger partial charge in [0, 0.05) is 84.9 Å². The second-order valence-corrected chi connectivity index (χ2v) is 11.6. The maximum atomic E-state index is 14.6. The van der Waals surface area contributed by atoms with Crippen molar-refractivity contribution in [2.24, 2.45) is 5.41 Å². The van der Waals surface area contributed by atoms with E-state index in [4.69, 9.17) is 39.1 Å². The van der Waals surface area contributed by atoms with Crippen molar-refractivity contribution in [3.05, 3.63) is 74.9 Å². The minimum atomic E-state index is -0.979. The molecule has 2 fully saturated rings. The molecule has 13 heteroatoms. The van der Waals surface area contributed by atoms with Gasteiger partial charge in [-0.05, 0) is 12.1 Å². The van der Waals surface area contributed by atoms with Crippen LogP contribution in [0.25, 0.3) is 0 Å². The van der Waals surface area contributed by atoms with Gasteiger partial charge >= 0.3 is 0 Å². The van der Waals surface area contributed by atoms with Gasteiger partial charge in [0.25, 0.3) is 0 Å². The molecule has 4 heterocycles. The summed E-state index contributed by atoms with van der Waals surface area (Å²) in [5.41, 5.74) is 7.45. The molecule has 38 heavy (non-hydrogen) atoms. The molecule has 1 aromatic carbocycles. The molecule has 5 rings (SSSR count). The third-order valence-electron chi connectivity index (χ3n) is 6.71. The van der Waals surface area contributed by atoms with E-state index in [-0.39, 0.29) is 44.8 Å². The number of pyridine rings is 2. The molecule has 0 radical (unpaired) electrons. The van der Waals surface area contributed by atoms with Gasteiger partial charge in [0.1, 0.15) is 18.5 Å². The molecule has 1 atom stereocenters. The Bertz CT molecular complexity index is 1500.